The van der Waals surface area contributed by atoms with Crippen molar-refractivity contribution >= 4 is 11.4 Å². The van der Waals surface area contributed by atoms with Crippen molar-refractivity contribution in [2.24, 2.45) is 0 Å². The topological polar surface area (TPSA) is 29.3 Å². The molecule has 20 heavy (non-hydrogen) atoms. The van der Waals surface area contributed by atoms with Gasteiger partial charge in [-0.2, -0.15) is 0 Å². The third-order valence-electron chi connectivity index (χ3n) is 3.36. The van der Waals surface area contributed by atoms with E-state index in [9.17, 15) is 17.6 Å². The molecular formula is C14H10F4N2. The summed E-state index contributed by atoms with van der Waals surface area (Å²) >= 11 is 0. The Labute approximate surface area is 112 Å². The molecule has 0 spiro atoms. The maximum Gasteiger partial charge on any atom is 0.185 e. The number of hydrogen-bond donors (Lipinski definition) is 1. The van der Waals surface area contributed by atoms with E-state index in [0.29, 0.717) is 5.69 Å². The Morgan fingerprint density at radius 1 is 0.850 bits per heavy atom. The van der Waals surface area contributed by atoms with Gasteiger partial charge in [-0.15, -0.1) is 0 Å². The molecule has 1 aliphatic heterocycles. The summed E-state index contributed by atoms with van der Waals surface area (Å²) in [6, 6.07) is 5.29. The molecule has 1 aliphatic rings. The zero-order valence-corrected chi connectivity index (χ0v) is 10.3. The van der Waals surface area contributed by atoms with Crippen molar-refractivity contribution in [1.82, 2.24) is 0 Å². The summed E-state index contributed by atoms with van der Waals surface area (Å²) in [5, 5.41) is 0. The van der Waals surface area contributed by atoms with Crippen LogP contribution >= 0.6 is 0 Å². The molecule has 104 valence electrons. The zero-order chi connectivity index (χ0) is 14.4. The van der Waals surface area contributed by atoms with E-state index in [1.54, 1.807) is 18.2 Å². The predicted octanol–water partition coefficient (Wildman–Crippen LogP) is 3.35. The fourth-order valence-electron chi connectivity index (χ4n) is 2.41. The lowest BCUT2D eigenvalue weighted by molar-refractivity contribution is 0.451. The molecule has 2 N–H and O–H groups in total. The summed E-state index contributed by atoms with van der Waals surface area (Å²) in [7, 11) is 0. The smallest absolute Gasteiger partial charge is 0.185 e. The molecule has 2 aromatic rings. The quantitative estimate of drug-likeness (QED) is 0.494. The third kappa shape index (κ3) is 1.88. The summed E-state index contributed by atoms with van der Waals surface area (Å²) in [4.78, 5) is 1.25. The number of benzene rings is 2. The van der Waals surface area contributed by atoms with Crippen molar-refractivity contribution in [2.75, 3.05) is 10.6 Å². The normalized spacial score (nSPS) is 13.7. The van der Waals surface area contributed by atoms with Crippen LogP contribution in [0.4, 0.5) is 28.9 Å². The number of hydrogen-bond acceptors (Lipinski definition) is 2. The number of anilines is 2. The highest BCUT2D eigenvalue weighted by molar-refractivity contribution is 5.56. The van der Waals surface area contributed by atoms with Crippen LogP contribution in [0.5, 0.6) is 0 Å². The average Bonchev–Trinajstić information content (AvgIpc) is 2.79. The molecule has 6 heteroatoms. The predicted molar refractivity (Wildman–Crippen MR) is 67.0 cm³/mol. The van der Waals surface area contributed by atoms with E-state index >= 15 is 0 Å². The van der Waals surface area contributed by atoms with E-state index in [0.717, 1.165) is 11.1 Å². The van der Waals surface area contributed by atoms with Gasteiger partial charge in [-0.05, 0) is 23.3 Å². The second kappa shape index (κ2) is 4.40. The van der Waals surface area contributed by atoms with E-state index in [2.05, 4.69) is 0 Å². The molecule has 0 aromatic heterocycles. The van der Waals surface area contributed by atoms with E-state index in [1.165, 1.54) is 4.90 Å². The van der Waals surface area contributed by atoms with Crippen LogP contribution in [-0.4, -0.2) is 0 Å². The highest BCUT2D eigenvalue weighted by Gasteiger charge is 2.28. The van der Waals surface area contributed by atoms with Crippen LogP contribution in [0.25, 0.3) is 0 Å². The summed E-state index contributed by atoms with van der Waals surface area (Å²) < 4.78 is 54.0. The number of nitrogen functional groups attached to an aromatic ring is 1. The van der Waals surface area contributed by atoms with Gasteiger partial charge in [-0.1, -0.05) is 6.07 Å². The van der Waals surface area contributed by atoms with Crippen LogP contribution in [0.2, 0.25) is 0 Å². The molecule has 2 aromatic carbocycles. The first kappa shape index (κ1) is 12.8. The van der Waals surface area contributed by atoms with Crippen molar-refractivity contribution in [3.63, 3.8) is 0 Å². The second-order valence-corrected chi connectivity index (χ2v) is 4.70. The Morgan fingerprint density at radius 3 is 2.10 bits per heavy atom. The molecule has 0 amide bonds. The van der Waals surface area contributed by atoms with Gasteiger partial charge in [0.1, 0.15) is 5.69 Å². The van der Waals surface area contributed by atoms with Gasteiger partial charge < -0.3 is 10.6 Å². The molecule has 0 atom stereocenters. The fourth-order valence-corrected chi connectivity index (χ4v) is 2.41. The van der Waals surface area contributed by atoms with Crippen LogP contribution in [0, 0.1) is 23.3 Å². The standard InChI is InChI=1S/C14H10F4N2/c15-10-4-11(16)13(18)14(12(10)17)20-5-7-1-2-9(19)3-8(7)6-20/h1-4H,5-6,19H2. The van der Waals surface area contributed by atoms with Crippen molar-refractivity contribution in [2.45, 2.75) is 13.1 Å². The minimum atomic E-state index is -1.41. The van der Waals surface area contributed by atoms with E-state index in [4.69, 9.17) is 5.73 Å². The average molecular weight is 282 g/mol. The number of fused-ring (bicyclic) bond motifs is 1. The number of halogens is 4. The Hall–Kier alpha value is -2.24. The highest BCUT2D eigenvalue weighted by Crippen LogP contribution is 2.34. The lowest BCUT2D eigenvalue weighted by atomic mass is 10.1. The SMILES string of the molecule is Nc1ccc2c(c1)CN(c1c(F)c(F)cc(F)c1F)C2. The van der Waals surface area contributed by atoms with Crippen molar-refractivity contribution in [1.29, 1.82) is 0 Å². The molecular weight excluding hydrogens is 272 g/mol. The Bertz CT molecular complexity index is 674. The first-order valence-electron chi connectivity index (χ1n) is 5.92. The van der Waals surface area contributed by atoms with Gasteiger partial charge in [0.25, 0.3) is 0 Å². The Balaban J connectivity index is 2.05. The molecule has 1 heterocycles. The van der Waals surface area contributed by atoms with E-state index in [1.807, 2.05) is 0 Å². The maximum absolute atomic E-state index is 13.7. The molecule has 0 bridgehead atoms. The van der Waals surface area contributed by atoms with Gasteiger partial charge in [0, 0.05) is 24.8 Å². The largest absolute Gasteiger partial charge is 0.399 e. The van der Waals surface area contributed by atoms with E-state index < -0.39 is 29.0 Å². The molecule has 0 saturated heterocycles. The highest BCUT2D eigenvalue weighted by atomic mass is 19.2. The monoisotopic (exact) mass is 282 g/mol. The maximum atomic E-state index is 13.7. The van der Waals surface area contributed by atoms with Gasteiger partial charge in [0.05, 0.1) is 0 Å². The van der Waals surface area contributed by atoms with Crippen molar-refractivity contribution in [3.8, 4) is 0 Å². The van der Waals surface area contributed by atoms with Crippen LogP contribution in [0.1, 0.15) is 11.1 Å². The minimum absolute atomic E-state index is 0.150. The second-order valence-electron chi connectivity index (χ2n) is 4.70. The van der Waals surface area contributed by atoms with Crippen LogP contribution < -0.4 is 10.6 Å². The third-order valence-corrected chi connectivity index (χ3v) is 3.36. The first-order chi connectivity index (χ1) is 9.47. The lowest BCUT2D eigenvalue weighted by Gasteiger charge is -2.19. The number of nitrogens with zero attached hydrogens (tertiary/aromatic N) is 1. The van der Waals surface area contributed by atoms with Crippen molar-refractivity contribution < 1.29 is 17.6 Å². The zero-order valence-electron chi connectivity index (χ0n) is 10.3. The van der Waals surface area contributed by atoms with Gasteiger partial charge in [0.2, 0.25) is 0 Å². The van der Waals surface area contributed by atoms with Gasteiger partial charge >= 0.3 is 0 Å². The minimum Gasteiger partial charge on any atom is -0.399 e. The summed E-state index contributed by atoms with van der Waals surface area (Å²) in [5.41, 5.74) is 7.09. The van der Waals surface area contributed by atoms with Crippen LogP contribution in [-0.2, 0) is 13.1 Å². The van der Waals surface area contributed by atoms with Crippen molar-refractivity contribution in [3.05, 3.63) is 58.7 Å². The first-order valence-corrected chi connectivity index (χ1v) is 5.92. The van der Waals surface area contributed by atoms with Crippen LogP contribution in [0.3, 0.4) is 0 Å². The number of nitrogens with two attached hydrogens (primary N) is 1. The Morgan fingerprint density at radius 2 is 1.45 bits per heavy atom. The van der Waals surface area contributed by atoms with Crippen LogP contribution in [0.15, 0.2) is 24.3 Å². The van der Waals surface area contributed by atoms with E-state index in [-0.39, 0.29) is 19.2 Å². The van der Waals surface area contributed by atoms with Gasteiger partial charge in [-0.3, -0.25) is 0 Å². The molecule has 2 nitrogen and oxygen atoms in total. The van der Waals surface area contributed by atoms with Gasteiger partial charge in [-0.25, -0.2) is 17.6 Å². The molecule has 0 radical (unpaired) electrons. The molecule has 0 unspecified atom stereocenters. The molecule has 3 rings (SSSR count). The lowest BCUT2D eigenvalue weighted by Crippen LogP contribution is -2.19. The summed E-state index contributed by atoms with van der Waals surface area (Å²) in [5.74, 6) is -5.59. The Kier molecular flexibility index (Phi) is 2.81. The summed E-state index contributed by atoms with van der Waals surface area (Å²) in [6.45, 7) is 0.323. The summed E-state index contributed by atoms with van der Waals surface area (Å²) in [6.07, 6.45) is 0. The fraction of sp³-hybridized carbons (Fsp3) is 0.143. The number of rotatable bonds is 1. The molecule has 0 fully saturated rings. The molecule has 0 saturated carbocycles. The molecule has 0 aliphatic carbocycles. The van der Waals surface area contributed by atoms with Gasteiger partial charge in [0.15, 0.2) is 23.3 Å².